The van der Waals surface area contributed by atoms with E-state index in [1.54, 1.807) is 11.9 Å². The minimum absolute atomic E-state index is 0.0550. The lowest BCUT2D eigenvalue weighted by Crippen LogP contribution is -2.36. The Morgan fingerprint density at radius 1 is 1.21 bits per heavy atom. The van der Waals surface area contributed by atoms with E-state index in [2.05, 4.69) is 0 Å². The maximum absolute atomic E-state index is 13.2. The number of nitrogens with zero attached hydrogens (tertiary/aromatic N) is 1. The van der Waals surface area contributed by atoms with E-state index in [4.69, 9.17) is 0 Å². The van der Waals surface area contributed by atoms with Crippen molar-refractivity contribution in [3.05, 3.63) is 35.1 Å². The van der Waals surface area contributed by atoms with Gasteiger partial charge in [0.15, 0.2) is 0 Å². The Morgan fingerprint density at radius 3 is 2.16 bits per heavy atom. The summed E-state index contributed by atoms with van der Waals surface area (Å²) >= 11 is 0. The van der Waals surface area contributed by atoms with Crippen molar-refractivity contribution in [2.75, 3.05) is 7.05 Å². The molecule has 0 radical (unpaired) electrons. The molecule has 0 bridgehead atoms. The molecule has 0 aliphatic heterocycles. The van der Waals surface area contributed by atoms with Crippen molar-refractivity contribution in [1.29, 1.82) is 0 Å². The highest BCUT2D eigenvalue weighted by atomic mass is 19.1. The number of halogens is 1. The molecule has 0 N–H and O–H groups in total. The molecule has 0 saturated heterocycles. The van der Waals surface area contributed by atoms with Gasteiger partial charge in [0.25, 0.3) is 0 Å². The summed E-state index contributed by atoms with van der Waals surface area (Å²) in [5.41, 5.74) is 1.29. The first-order chi connectivity index (χ1) is 8.70. The summed E-state index contributed by atoms with van der Waals surface area (Å²) in [6.07, 6.45) is 0. The van der Waals surface area contributed by atoms with Gasteiger partial charge in [0.1, 0.15) is 5.82 Å². The number of aryl methyl sites for hydroxylation is 1. The van der Waals surface area contributed by atoms with E-state index < -0.39 is 5.41 Å². The summed E-state index contributed by atoms with van der Waals surface area (Å²) in [6, 6.07) is 4.85. The topological polar surface area (TPSA) is 20.3 Å². The highest BCUT2D eigenvalue weighted by Gasteiger charge is 2.24. The van der Waals surface area contributed by atoms with Crippen LogP contribution in [-0.2, 0) is 11.3 Å². The lowest BCUT2D eigenvalue weighted by molar-refractivity contribution is -0.138. The summed E-state index contributed by atoms with van der Waals surface area (Å²) in [5.74, 6) is -0.198. The molecule has 0 heterocycles. The zero-order valence-corrected chi connectivity index (χ0v) is 13.2. The SMILES string of the molecule is CC.Cc1cc(F)cc(CN(C)C(=O)C(C)(C)C)c1. The first-order valence-corrected chi connectivity index (χ1v) is 6.72. The Balaban J connectivity index is 0.00000154. The second-order valence-electron chi connectivity index (χ2n) is 5.55. The van der Waals surface area contributed by atoms with Gasteiger partial charge in [-0.2, -0.15) is 0 Å². The van der Waals surface area contributed by atoms with E-state index >= 15 is 0 Å². The zero-order valence-electron chi connectivity index (χ0n) is 13.2. The largest absolute Gasteiger partial charge is 0.341 e. The van der Waals surface area contributed by atoms with Crippen LogP contribution in [0.4, 0.5) is 4.39 Å². The first-order valence-electron chi connectivity index (χ1n) is 6.72. The molecule has 108 valence electrons. The molecule has 19 heavy (non-hydrogen) atoms. The molecule has 3 heteroatoms. The van der Waals surface area contributed by atoms with Crippen LogP contribution in [0.25, 0.3) is 0 Å². The van der Waals surface area contributed by atoms with E-state index in [-0.39, 0.29) is 11.7 Å². The van der Waals surface area contributed by atoms with Gasteiger partial charge >= 0.3 is 0 Å². The van der Waals surface area contributed by atoms with E-state index in [0.717, 1.165) is 11.1 Å². The maximum Gasteiger partial charge on any atom is 0.227 e. The maximum atomic E-state index is 13.2. The highest BCUT2D eigenvalue weighted by molar-refractivity contribution is 5.81. The number of benzene rings is 1. The normalized spacial score (nSPS) is 10.5. The molecule has 0 saturated carbocycles. The molecule has 1 amide bonds. The van der Waals surface area contributed by atoms with Crippen molar-refractivity contribution >= 4 is 5.91 Å². The van der Waals surface area contributed by atoms with Crippen LogP contribution in [0.1, 0.15) is 45.7 Å². The van der Waals surface area contributed by atoms with Crippen molar-refractivity contribution in [3.63, 3.8) is 0 Å². The molecule has 0 aliphatic rings. The third-order valence-corrected chi connectivity index (χ3v) is 2.51. The predicted molar refractivity (Wildman–Crippen MR) is 78.4 cm³/mol. The third kappa shape index (κ3) is 5.86. The molecule has 1 rings (SSSR count). The first kappa shape index (κ1) is 17.6. The molecule has 1 aromatic rings. The molecule has 1 aromatic carbocycles. The van der Waals surface area contributed by atoms with Gasteiger partial charge in [0.2, 0.25) is 5.91 Å². The monoisotopic (exact) mass is 267 g/mol. The number of hydrogen-bond donors (Lipinski definition) is 0. The summed E-state index contributed by atoms with van der Waals surface area (Å²) < 4.78 is 13.2. The van der Waals surface area contributed by atoms with Crippen molar-refractivity contribution in [1.82, 2.24) is 4.90 Å². The van der Waals surface area contributed by atoms with Gasteiger partial charge in [-0.05, 0) is 30.2 Å². The molecular formula is C16H26FNO. The molecule has 0 unspecified atom stereocenters. The average Bonchev–Trinajstić information content (AvgIpc) is 2.28. The summed E-state index contributed by atoms with van der Waals surface area (Å²) in [5, 5.41) is 0. The zero-order chi connectivity index (χ0) is 15.2. The van der Waals surface area contributed by atoms with Crippen LogP contribution in [-0.4, -0.2) is 17.9 Å². The van der Waals surface area contributed by atoms with E-state index in [1.807, 2.05) is 47.6 Å². The predicted octanol–water partition coefficient (Wildman–Crippen LogP) is 4.16. The molecule has 0 fully saturated rings. The van der Waals surface area contributed by atoms with E-state index in [1.165, 1.54) is 12.1 Å². The van der Waals surface area contributed by atoms with Gasteiger partial charge in [-0.3, -0.25) is 4.79 Å². The Hall–Kier alpha value is -1.38. The standard InChI is InChI=1S/C14H20FNO.C2H6/c1-10-6-11(8-12(15)7-10)9-16(5)13(17)14(2,3)4;1-2/h6-8H,9H2,1-5H3;1-2H3. The molecule has 0 atom stereocenters. The van der Waals surface area contributed by atoms with Crippen molar-refractivity contribution in [2.45, 2.75) is 48.1 Å². The molecule has 0 spiro atoms. The Kier molecular flexibility index (Phi) is 6.74. The average molecular weight is 267 g/mol. The molecular weight excluding hydrogens is 241 g/mol. The minimum Gasteiger partial charge on any atom is -0.341 e. The van der Waals surface area contributed by atoms with Gasteiger partial charge < -0.3 is 4.90 Å². The molecule has 0 aliphatic carbocycles. The van der Waals surface area contributed by atoms with Crippen molar-refractivity contribution in [3.8, 4) is 0 Å². The number of carbonyl (C=O) groups is 1. The summed E-state index contributed by atoms with van der Waals surface area (Å²) in [7, 11) is 1.74. The van der Waals surface area contributed by atoms with Gasteiger partial charge in [0, 0.05) is 19.0 Å². The van der Waals surface area contributed by atoms with Crippen LogP contribution in [0, 0.1) is 18.2 Å². The lowest BCUT2D eigenvalue weighted by Gasteiger charge is -2.26. The molecule has 2 nitrogen and oxygen atoms in total. The fraction of sp³-hybridized carbons (Fsp3) is 0.562. The van der Waals surface area contributed by atoms with Crippen LogP contribution in [0.15, 0.2) is 18.2 Å². The summed E-state index contributed by atoms with van der Waals surface area (Å²) in [4.78, 5) is 13.6. The van der Waals surface area contributed by atoms with Crippen LogP contribution in [0.3, 0.4) is 0 Å². The van der Waals surface area contributed by atoms with Crippen LogP contribution in [0.2, 0.25) is 0 Å². The Labute approximate surface area is 116 Å². The quantitative estimate of drug-likeness (QED) is 0.787. The fourth-order valence-electron chi connectivity index (χ4n) is 1.82. The fourth-order valence-corrected chi connectivity index (χ4v) is 1.82. The number of carbonyl (C=O) groups excluding carboxylic acids is 1. The number of amides is 1. The lowest BCUT2D eigenvalue weighted by atomic mass is 9.94. The highest BCUT2D eigenvalue weighted by Crippen LogP contribution is 2.18. The van der Waals surface area contributed by atoms with Gasteiger partial charge in [0.05, 0.1) is 0 Å². The van der Waals surface area contributed by atoms with Crippen LogP contribution < -0.4 is 0 Å². The summed E-state index contributed by atoms with van der Waals surface area (Å²) in [6.45, 7) is 11.9. The number of rotatable bonds is 2. The van der Waals surface area contributed by atoms with Gasteiger partial charge in [-0.1, -0.05) is 40.7 Å². The number of hydrogen-bond acceptors (Lipinski definition) is 1. The second kappa shape index (κ2) is 7.27. The van der Waals surface area contributed by atoms with Crippen molar-refractivity contribution in [2.24, 2.45) is 5.41 Å². The Bertz CT molecular complexity index is 401. The van der Waals surface area contributed by atoms with Gasteiger partial charge in [-0.15, -0.1) is 0 Å². The second-order valence-corrected chi connectivity index (χ2v) is 5.55. The van der Waals surface area contributed by atoms with Crippen LogP contribution >= 0.6 is 0 Å². The molecule has 0 aromatic heterocycles. The smallest absolute Gasteiger partial charge is 0.227 e. The van der Waals surface area contributed by atoms with Gasteiger partial charge in [-0.25, -0.2) is 4.39 Å². The third-order valence-electron chi connectivity index (χ3n) is 2.51. The van der Waals surface area contributed by atoms with E-state index in [9.17, 15) is 9.18 Å². The van der Waals surface area contributed by atoms with Crippen LogP contribution in [0.5, 0.6) is 0 Å². The Morgan fingerprint density at radius 2 is 1.74 bits per heavy atom. The van der Waals surface area contributed by atoms with E-state index in [0.29, 0.717) is 6.54 Å². The minimum atomic E-state index is -0.406. The van der Waals surface area contributed by atoms with Crippen molar-refractivity contribution < 1.29 is 9.18 Å².